The minimum Gasteiger partial charge on any atom is -0.327 e. The van der Waals surface area contributed by atoms with Gasteiger partial charge in [-0.3, -0.25) is 4.98 Å². The zero-order chi connectivity index (χ0) is 13.0. The Morgan fingerprint density at radius 1 is 1.21 bits per heavy atom. The molecule has 4 saturated carbocycles. The Kier molecular flexibility index (Phi) is 2.43. The molecule has 1 aromatic rings. The van der Waals surface area contributed by atoms with Crippen molar-refractivity contribution in [3.8, 4) is 0 Å². The van der Waals surface area contributed by atoms with Crippen molar-refractivity contribution in [1.82, 2.24) is 15.2 Å². The van der Waals surface area contributed by atoms with Gasteiger partial charge in [-0.2, -0.15) is 5.10 Å². The Bertz CT molecular complexity index is 496. The zero-order valence-corrected chi connectivity index (χ0v) is 11.2. The Labute approximate surface area is 112 Å². The molecule has 1 unspecified atom stereocenters. The van der Waals surface area contributed by atoms with Crippen molar-refractivity contribution >= 4 is 0 Å². The molecule has 0 amide bonds. The molecule has 1 heterocycles. The number of nitrogens with one attached hydrogen (secondary N) is 2. The highest BCUT2D eigenvalue weighted by Gasteiger charge is 2.53. The van der Waals surface area contributed by atoms with Crippen LogP contribution in [0.15, 0.2) is 4.79 Å². The fourth-order valence-corrected chi connectivity index (χ4v) is 5.46. The fourth-order valence-electron chi connectivity index (χ4n) is 5.46. The summed E-state index contributed by atoms with van der Waals surface area (Å²) in [6, 6.07) is 0.139. The summed E-state index contributed by atoms with van der Waals surface area (Å²) in [4.78, 5) is 13.8. The maximum Gasteiger partial charge on any atom is 0.340 e. The Morgan fingerprint density at radius 3 is 2.26 bits per heavy atom. The third-order valence-corrected chi connectivity index (χ3v) is 5.84. The van der Waals surface area contributed by atoms with Crippen LogP contribution >= 0.6 is 0 Å². The number of nitrogens with zero attached hydrogens (tertiary/aromatic N) is 1. The molecule has 0 radical (unpaired) electrons. The van der Waals surface area contributed by atoms with Gasteiger partial charge < -0.3 is 5.73 Å². The molecule has 4 N–H and O–H groups in total. The predicted octanol–water partition coefficient (Wildman–Crippen LogP) is 1.18. The molecule has 0 saturated heterocycles. The van der Waals surface area contributed by atoms with E-state index in [1.165, 1.54) is 38.5 Å². The summed E-state index contributed by atoms with van der Waals surface area (Å²) >= 11 is 0. The summed E-state index contributed by atoms with van der Waals surface area (Å²) in [6.07, 6.45) is 8.91. The molecular weight excluding hydrogens is 240 g/mol. The van der Waals surface area contributed by atoms with Crippen LogP contribution in [-0.2, 0) is 6.42 Å². The van der Waals surface area contributed by atoms with Crippen LogP contribution < -0.4 is 11.4 Å². The Balaban J connectivity index is 1.56. The van der Waals surface area contributed by atoms with Gasteiger partial charge in [-0.05, 0) is 61.7 Å². The van der Waals surface area contributed by atoms with E-state index in [1.54, 1.807) is 0 Å². The van der Waals surface area contributed by atoms with Crippen LogP contribution in [0.1, 0.15) is 44.3 Å². The zero-order valence-electron chi connectivity index (χ0n) is 11.2. The van der Waals surface area contributed by atoms with Gasteiger partial charge in [0.2, 0.25) is 0 Å². The van der Waals surface area contributed by atoms with Crippen molar-refractivity contribution < 1.29 is 0 Å². The quantitative estimate of drug-likeness (QED) is 0.764. The lowest BCUT2D eigenvalue weighted by molar-refractivity contribution is -0.0670. The molecule has 104 valence electrons. The van der Waals surface area contributed by atoms with E-state index < -0.39 is 0 Å². The van der Waals surface area contributed by atoms with Crippen molar-refractivity contribution in [2.45, 2.75) is 51.0 Å². The molecule has 1 aromatic heterocycles. The number of H-pyrrole nitrogens is 2. The first-order valence-corrected chi connectivity index (χ1v) is 7.52. The standard InChI is InChI=1S/C14H22N4O/c15-11(4-12-16-13(19)18-17-12)14-5-8-1-9(6-14)3-10(2-8)7-14/h8-11H,1-7,15H2,(H2,16,17,18,19). The third-order valence-electron chi connectivity index (χ3n) is 5.84. The SMILES string of the molecule is NC(Cc1n[nH]c(=O)[nH]1)C12CC3CC(CC(C3)C1)C2. The predicted molar refractivity (Wildman–Crippen MR) is 71.5 cm³/mol. The minimum atomic E-state index is -0.229. The smallest absolute Gasteiger partial charge is 0.327 e. The Hall–Kier alpha value is -1.10. The van der Waals surface area contributed by atoms with Gasteiger partial charge in [0.1, 0.15) is 5.82 Å². The van der Waals surface area contributed by atoms with E-state index in [9.17, 15) is 4.79 Å². The third kappa shape index (κ3) is 1.86. The summed E-state index contributed by atoms with van der Waals surface area (Å²) in [7, 11) is 0. The van der Waals surface area contributed by atoms with Gasteiger partial charge in [0, 0.05) is 12.5 Å². The highest BCUT2D eigenvalue weighted by Crippen LogP contribution is 2.61. The van der Waals surface area contributed by atoms with Gasteiger partial charge in [0.05, 0.1) is 0 Å². The Morgan fingerprint density at radius 2 is 1.79 bits per heavy atom. The molecular formula is C14H22N4O. The largest absolute Gasteiger partial charge is 0.340 e. The van der Waals surface area contributed by atoms with Gasteiger partial charge in [0.25, 0.3) is 0 Å². The lowest BCUT2D eigenvalue weighted by atomic mass is 9.47. The monoisotopic (exact) mass is 262 g/mol. The molecule has 1 atom stereocenters. The number of hydrogen-bond acceptors (Lipinski definition) is 3. The van der Waals surface area contributed by atoms with Crippen molar-refractivity contribution in [3.63, 3.8) is 0 Å². The first-order chi connectivity index (χ1) is 9.13. The van der Waals surface area contributed by atoms with E-state index in [0.29, 0.717) is 17.7 Å². The summed E-state index contributed by atoms with van der Waals surface area (Å²) < 4.78 is 0. The average Bonchev–Trinajstić information content (AvgIpc) is 2.73. The van der Waals surface area contributed by atoms with Gasteiger partial charge in [0.15, 0.2) is 0 Å². The maximum atomic E-state index is 11.1. The summed E-state index contributed by atoms with van der Waals surface area (Å²) in [5.41, 5.74) is 6.63. The molecule has 4 aliphatic carbocycles. The summed E-state index contributed by atoms with van der Waals surface area (Å²) in [5, 5.41) is 6.44. The van der Waals surface area contributed by atoms with Crippen LogP contribution in [-0.4, -0.2) is 21.2 Å². The second kappa shape index (κ2) is 3.95. The van der Waals surface area contributed by atoms with Gasteiger partial charge in [-0.25, -0.2) is 9.89 Å². The van der Waals surface area contributed by atoms with E-state index in [0.717, 1.165) is 17.8 Å². The average molecular weight is 262 g/mol. The second-order valence-corrected chi connectivity index (χ2v) is 7.21. The normalized spacial score (nSPS) is 41.6. The highest BCUT2D eigenvalue weighted by atomic mass is 16.1. The van der Waals surface area contributed by atoms with E-state index >= 15 is 0 Å². The van der Waals surface area contributed by atoms with E-state index in [2.05, 4.69) is 15.2 Å². The molecule has 19 heavy (non-hydrogen) atoms. The van der Waals surface area contributed by atoms with Crippen molar-refractivity contribution in [2.24, 2.45) is 28.9 Å². The molecule has 0 aliphatic heterocycles. The second-order valence-electron chi connectivity index (χ2n) is 7.21. The molecule has 0 spiro atoms. The van der Waals surface area contributed by atoms with Gasteiger partial charge in [-0.1, -0.05) is 0 Å². The minimum absolute atomic E-state index is 0.139. The van der Waals surface area contributed by atoms with Crippen LogP contribution in [0.4, 0.5) is 0 Å². The maximum absolute atomic E-state index is 11.1. The molecule has 0 aromatic carbocycles. The van der Waals surface area contributed by atoms with Gasteiger partial charge >= 0.3 is 5.69 Å². The molecule has 5 rings (SSSR count). The van der Waals surface area contributed by atoms with Crippen LogP contribution in [0, 0.1) is 23.2 Å². The molecule has 4 aliphatic rings. The van der Waals surface area contributed by atoms with Crippen LogP contribution in [0.25, 0.3) is 0 Å². The van der Waals surface area contributed by atoms with Crippen LogP contribution in [0.5, 0.6) is 0 Å². The topological polar surface area (TPSA) is 87.6 Å². The van der Waals surface area contributed by atoms with Crippen LogP contribution in [0.3, 0.4) is 0 Å². The van der Waals surface area contributed by atoms with Crippen LogP contribution in [0.2, 0.25) is 0 Å². The van der Waals surface area contributed by atoms with Crippen molar-refractivity contribution in [2.75, 3.05) is 0 Å². The first-order valence-electron chi connectivity index (χ1n) is 7.52. The van der Waals surface area contributed by atoms with E-state index in [4.69, 9.17) is 5.73 Å². The fraction of sp³-hybridized carbons (Fsp3) is 0.857. The first kappa shape index (κ1) is 11.7. The number of rotatable bonds is 3. The molecule has 4 bridgehead atoms. The molecule has 5 nitrogen and oxygen atoms in total. The number of aromatic amines is 2. The van der Waals surface area contributed by atoms with E-state index in [1.807, 2.05) is 0 Å². The van der Waals surface area contributed by atoms with E-state index in [-0.39, 0.29) is 11.7 Å². The van der Waals surface area contributed by atoms with Crippen molar-refractivity contribution in [3.05, 3.63) is 16.3 Å². The lowest BCUT2D eigenvalue weighted by Gasteiger charge is -2.58. The summed E-state index contributed by atoms with van der Waals surface area (Å²) in [6.45, 7) is 0. The molecule has 5 heteroatoms. The highest BCUT2D eigenvalue weighted by molar-refractivity contribution is 5.07. The lowest BCUT2D eigenvalue weighted by Crippen LogP contribution is -2.55. The van der Waals surface area contributed by atoms with Gasteiger partial charge in [-0.15, -0.1) is 0 Å². The molecule has 4 fully saturated rings. The number of hydrogen-bond donors (Lipinski definition) is 3. The number of nitrogens with two attached hydrogens (primary N) is 1. The number of aromatic nitrogens is 3. The summed E-state index contributed by atoms with van der Waals surface area (Å²) in [5.74, 6) is 3.45. The van der Waals surface area contributed by atoms with Crippen molar-refractivity contribution in [1.29, 1.82) is 0 Å².